The smallest absolute Gasteiger partial charge is 0.662 e. The first-order valence-corrected chi connectivity index (χ1v) is 22.6. The molecule has 0 saturated carbocycles. The van der Waals surface area contributed by atoms with Crippen molar-refractivity contribution in [2.75, 3.05) is 46.9 Å². The number of halogens is 1. The topological polar surface area (TPSA) is 352 Å². The minimum atomic E-state index is -1.00. The maximum absolute atomic E-state index is 13.1. The summed E-state index contributed by atoms with van der Waals surface area (Å²) in [6.07, 6.45) is 1.50. The summed E-state index contributed by atoms with van der Waals surface area (Å²) in [6, 6.07) is 15.3. The third kappa shape index (κ3) is 38.4. The molecular formula is C49H74ClN8NaO15. The van der Waals surface area contributed by atoms with Crippen LogP contribution in [0.15, 0.2) is 85.0 Å². The maximum atomic E-state index is 13.1. The van der Waals surface area contributed by atoms with Gasteiger partial charge >= 0.3 is 47.5 Å². The van der Waals surface area contributed by atoms with E-state index in [0.717, 1.165) is 11.1 Å². The fraction of sp³-hybridized carbons (Fsp3) is 0.469. The summed E-state index contributed by atoms with van der Waals surface area (Å²) in [5.74, 6) is -4.26. The fourth-order valence-corrected chi connectivity index (χ4v) is 5.59. The van der Waals surface area contributed by atoms with E-state index in [1.165, 1.54) is 21.1 Å². The second-order valence-corrected chi connectivity index (χ2v) is 16.6. The van der Waals surface area contributed by atoms with Gasteiger partial charge < -0.3 is 67.7 Å². The van der Waals surface area contributed by atoms with Gasteiger partial charge in [-0.25, -0.2) is 0 Å². The summed E-state index contributed by atoms with van der Waals surface area (Å²) >= 11 is 0. The van der Waals surface area contributed by atoms with Gasteiger partial charge in [-0.15, -0.1) is 12.4 Å². The molecule has 0 spiro atoms. The van der Waals surface area contributed by atoms with Crippen molar-refractivity contribution in [2.45, 2.75) is 91.4 Å². The second kappa shape index (κ2) is 44.3. The van der Waals surface area contributed by atoms with Crippen molar-refractivity contribution in [3.05, 3.63) is 96.1 Å². The number of benzene rings is 2. The third-order valence-corrected chi connectivity index (χ3v) is 9.21. The van der Waals surface area contributed by atoms with Crippen LogP contribution in [0.5, 0.6) is 0 Å². The Hall–Kier alpha value is -6.21. The molecule has 0 bridgehead atoms. The molecule has 2 rings (SSSR count). The van der Waals surface area contributed by atoms with Crippen molar-refractivity contribution in [1.29, 1.82) is 0 Å². The van der Waals surface area contributed by atoms with Crippen LogP contribution in [-0.4, -0.2) is 136 Å². The van der Waals surface area contributed by atoms with Crippen molar-refractivity contribution in [3.63, 3.8) is 0 Å². The van der Waals surface area contributed by atoms with Crippen LogP contribution < -0.4 is 77.8 Å². The minimum absolute atomic E-state index is 0. The molecular weight excluding hydrogens is 999 g/mol. The van der Waals surface area contributed by atoms with E-state index in [-0.39, 0.29) is 97.8 Å². The van der Waals surface area contributed by atoms with Crippen LogP contribution in [0.25, 0.3) is 0 Å². The summed E-state index contributed by atoms with van der Waals surface area (Å²) in [7, 11) is 2.47. The number of rotatable bonds is 27. The zero-order valence-electron chi connectivity index (χ0n) is 43.7. The number of nitrogens with one attached hydrogen (secondary N) is 7. The zero-order valence-corrected chi connectivity index (χ0v) is 46.6. The average Bonchev–Trinajstić information content (AvgIpc) is 3.34. The number of methoxy groups -OCH3 is 2. The van der Waals surface area contributed by atoms with Gasteiger partial charge in [0.25, 0.3) is 6.47 Å². The Bertz CT molecular complexity index is 2050. The number of amides is 6. The molecule has 25 heteroatoms. The molecule has 10 N–H and O–H groups in total. The zero-order chi connectivity index (χ0) is 55.2. The Morgan fingerprint density at radius 1 is 0.635 bits per heavy atom. The molecule has 0 fully saturated rings. The molecule has 0 radical (unpaired) electrons. The van der Waals surface area contributed by atoms with Crippen LogP contribution in [0.3, 0.4) is 0 Å². The first-order valence-electron chi connectivity index (χ1n) is 22.6. The Balaban J connectivity index is -0.000000518. The van der Waals surface area contributed by atoms with Crippen LogP contribution in [0.4, 0.5) is 0 Å². The van der Waals surface area contributed by atoms with Gasteiger partial charge in [-0.1, -0.05) is 102 Å². The number of aliphatic carboxylic acids is 1. The number of hydrogen-bond donors (Lipinski definition) is 9. The summed E-state index contributed by atoms with van der Waals surface area (Å²) in [5, 5.41) is 35.7. The van der Waals surface area contributed by atoms with Gasteiger partial charge in [-0.05, 0) is 56.1 Å². The van der Waals surface area contributed by atoms with Crippen molar-refractivity contribution in [3.8, 4) is 0 Å². The molecule has 2 aromatic rings. The fourth-order valence-electron chi connectivity index (χ4n) is 5.59. The van der Waals surface area contributed by atoms with Gasteiger partial charge in [0.15, 0.2) is 0 Å². The van der Waals surface area contributed by atoms with E-state index in [4.69, 9.17) is 20.9 Å². The molecule has 4 atom stereocenters. The number of ether oxygens (including phenoxy) is 2. The molecule has 0 aliphatic heterocycles. The Labute approximate surface area is 461 Å². The first-order chi connectivity index (χ1) is 33.9. The normalized spacial score (nSPS) is 11.4. The number of carbonyl (C=O) groups excluding carboxylic acids is 9. The molecule has 0 aliphatic rings. The van der Waals surface area contributed by atoms with Gasteiger partial charge in [0.1, 0.15) is 31.2 Å². The summed E-state index contributed by atoms with van der Waals surface area (Å²) in [4.78, 5) is 117. The van der Waals surface area contributed by atoms with Crippen LogP contribution in [0.1, 0.15) is 65.5 Å². The average molecular weight is 1070 g/mol. The predicted molar refractivity (Wildman–Crippen MR) is 271 cm³/mol. The van der Waals surface area contributed by atoms with Crippen molar-refractivity contribution < 1.29 is 102 Å². The van der Waals surface area contributed by atoms with Gasteiger partial charge in [-0.2, -0.15) is 0 Å². The van der Waals surface area contributed by atoms with Crippen LogP contribution >= 0.6 is 12.4 Å². The third-order valence-electron chi connectivity index (χ3n) is 9.21. The molecule has 6 amide bonds. The number of hydrogen-bond acceptors (Lipinski definition) is 16. The Morgan fingerprint density at radius 3 is 1.47 bits per heavy atom. The van der Waals surface area contributed by atoms with E-state index in [2.05, 4.69) is 64.7 Å². The maximum Gasteiger partial charge on any atom is 1.00 e. The van der Waals surface area contributed by atoms with Crippen molar-refractivity contribution >= 4 is 72.2 Å². The molecule has 0 saturated heterocycles. The largest absolute Gasteiger partial charge is 1.00 e. The van der Waals surface area contributed by atoms with Gasteiger partial charge in [-0.3, -0.25) is 47.9 Å². The molecule has 23 nitrogen and oxygen atoms in total. The monoisotopic (exact) mass is 1070 g/mol. The predicted octanol–water partition coefficient (Wildman–Crippen LogP) is -3.30. The standard InChI is InChI=1S/C24H34N4O6.C15H20N2O3.C9H18N2O3.CH2O3.ClH.Na/c1-15(2)11-18(23(32)26-14-21(30)34-5)28-24(33)19(12-17-9-7-6-8-10-17)27-20(29)13-25-22(31)16(3)4;1-11(2)14(18)17-9-8-16-13(15(19)20)10-12-6-4-3-5-7-12;1-6(2)4-7(10)9(13)11-5-8(12)14-3;2-1-4-3;;/h6-10,15,18-19H,3,11-14H2,1-2,4-5H3,(H,25,31)(H,26,32)(H,27,29)(H,28,33);3-7,13,16H,1,8-10H2,2H3,(H,17,18)(H,19,20);6-7H,4-5,10H2,1-3H3,(H,11,13);1,3H;1H;/q;;;;;+1/p-1. The molecule has 408 valence electrons. The molecule has 0 aromatic heterocycles. The molecule has 74 heavy (non-hydrogen) atoms. The SMILES string of the molecule is C=C(C)C(=O)NCC(=O)NC(Cc1ccccc1)C(=O)NC(CC(C)C)C(=O)NCC(=O)OC.C=C(C)C(=O)NCCNC(Cc1ccccc1)C(=O)O.COC(=O)CNC(=O)C(N)CC(C)C.Cl.O=CO[O-].[Na+]. The second-order valence-electron chi connectivity index (χ2n) is 16.6. The number of carboxylic acid groups (broad SMARTS) is 1. The van der Waals surface area contributed by atoms with Crippen LogP contribution in [0.2, 0.25) is 0 Å². The van der Waals surface area contributed by atoms with Gasteiger partial charge in [0.2, 0.25) is 35.4 Å². The van der Waals surface area contributed by atoms with E-state index in [1.54, 1.807) is 19.1 Å². The Morgan fingerprint density at radius 2 is 1.07 bits per heavy atom. The number of nitrogens with two attached hydrogens (primary N) is 1. The number of esters is 2. The van der Waals surface area contributed by atoms with E-state index in [9.17, 15) is 43.2 Å². The molecule has 4 unspecified atom stereocenters. The van der Waals surface area contributed by atoms with Crippen molar-refractivity contribution in [2.24, 2.45) is 17.6 Å². The van der Waals surface area contributed by atoms with Crippen molar-refractivity contribution in [1.82, 2.24) is 37.2 Å². The molecule has 0 aliphatic carbocycles. The van der Waals surface area contributed by atoms with E-state index in [0.29, 0.717) is 43.8 Å². The quantitative estimate of drug-likeness (QED) is 0.00805. The number of carbonyl (C=O) groups is 10. The summed E-state index contributed by atoms with van der Waals surface area (Å²) in [5.41, 5.74) is 8.02. The van der Waals surface area contributed by atoms with Gasteiger partial charge in [0, 0.05) is 30.7 Å². The van der Waals surface area contributed by atoms with Crippen LogP contribution in [0, 0.1) is 11.8 Å². The molecule has 0 heterocycles. The number of carboxylic acids is 1. The van der Waals surface area contributed by atoms with E-state index in [1.807, 2.05) is 76.2 Å². The van der Waals surface area contributed by atoms with E-state index < -0.39 is 65.7 Å². The van der Waals surface area contributed by atoms with Crippen LogP contribution in [-0.2, 0) is 75.1 Å². The summed E-state index contributed by atoms with van der Waals surface area (Å²) in [6.45, 7) is 17.7. The first kappa shape index (κ1) is 74.3. The Kier molecular flexibility index (Phi) is 44.5. The van der Waals surface area contributed by atoms with E-state index >= 15 is 0 Å². The minimum Gasteiger partial charge on any atom is -0.662 e. The molecule has 2 aromatic carbocycles. The van der Waals surface area contributed by atoms with Gasteiger partial charge in [0.05, 0.1) is 26.8 Å². The summed E-state index contributed by atoms with van der Waals surface area (Å²) < 4.78 is 8.89.